The number of Topliss-reactive ketones (excluding diaryl/α,β-unsaturated/α-hetero) is 1. The molecule has 0 saturated heterocycles. The number of benzene rings is 1. The summed E-state index contributed by atoms with van der Waals surface area (Å²) in [6.07, 6.45) is 3.60. The van der Waals surface area contributed by atoms with Crippen molar-refractivity contribution < 1.29 is 19.4 Å². The van der Waals surface area contributed by atoms with Gasteiger partial charge in [0.05, 0.1) is 12.0 Å². The van der Waals surface area contributed by atoms with Crippen LogP contribution in [0.2, 0.25) is 0 Å². The molecule has 1 aliphatic rings. The van der Waals surface area contributed by atoms with Crippen LogP contribution in [0.15, 0.2) is 29.8 Å². The molecule has 1 atom stereocenters. The maximum absolute atomic E-state index is 13.2. The summed E-state index contributed by atoms with van der Waals surface area (Å²) in [6.45, 7) is 10.3. The number of rotatable bonds is 6. The largest absolute Gasteiger partial charge is 0.506 e. The van der Waals surface area contributed by atoms with Crippen LogP contribution in [-0.2, 0) is 19.7 Å². The molecule has 1 aliphatic carbocycles. The van der Waals surface area contributed by atoms with Gasteiger partial charge in [0.25, 0.3) is 0 Å². The van der Waals surface area contributed by atoms with Crippen LogP contribution in [-0.4, -0.2) is 23.5 Å². The molecule has 0 bridgehead atoms. The predicted octanol–water partition coefficient (Wildman–Crippen LogP) is 4.97. The van der Waals surface area contributed by atoms with Crippen LogP contribution in [0.3, 0.4) is 0 Å². The van der Waals surface area contributed by atoms with Gasteiger partial charge in [-0.2, -0.15) is 0 Å². The van der Waals surface area contributed by atoms with Crippen molar-refractivity contribution in [1.82, 2.24) is 0 Å². The second-order valence-corrected chi connectivity index (χ2v) is 8.42. The zero-order chi connectivity index (χ0) is 19.5. The highest BCUT2D eigenvalue weighted by Gasteiger charge is 2.46. The molecule has 1 N–H and O–H groups in total. The number of carbonyl (C=O) groups excluding carboxylic acids is 2. The SMILES string of the molecule is CCOC(=O)C1=C(O)c2ccccc2C(C)(CCCCC(C)(C)C)C1=O. The minimum atomic E-state index is -0.831. The first-order chi connectivity index (χ1) is 12.1. The van der Waals surface area contributed by atoms with Gasteiger partial charge in [0, 0.05) is 5.56 Å². The van der Waals surface area contributed by atoms with Gasteiger partial charge in [0.2, 0.25) is 0 Å². The van der Waals surface area contributed by atoms with E-state index < -0.39 is 11.4 Å². The van der Waals surface area contributed by atoms with Gasteiger partial charge in [-0.25, -0.2) is 4.79 Å². The van der Waals surface area contributed by atoms with Crippen molar-refractivity contribution >= 4 is 17.5 Å². The molecule has 4 heteroatoms. The Morgan fingerprint density at radius 2 is 1.85 bits per heavy atom. The summed E-state index contributed by atoms with van der Waals surface area (Å²) in [5, 5.41) is 10.6. The van der Waals surface area contributed by atoms with E-state index in [0.717, 1.165) is 24.8 Å². The summed E-state index contributed by atoms with van der Waals surface area (Å²) >= 11 is 0. The van der Waals surface area contributed by atoms with E-state index in [2.05, 4.69) is 20.8 Å². The summed E-state index contributed by atoms with van der Waals surface area (Å²) in [6, 6.07) is 7.29. The Labute approximate surface area is 156 Å². The fourth-order valence-electron chi connectivity index (χ4n) is 3.59. The monoisotopic (exact) mass is 358 g/mol. The standard InChI is InChI=1S/C22H30O4/c1-6-26-20(25)17-18(23)15-11-7-8-12-16(15)22(5,19(17)24)14-10-9-13-21(2,3)4/h7-8,11-12,23H,6,9-10,13-14H2,1-5H3. The highest BCUT2D eigenvalue weighted by molar-refractivity contribution is 6.26. The second kappa shape index (κ2) is 7.65. The average Bonchev–Trinajstić information content (AvgIpc) is 2.57. The number of hydrogen-bond acceptors (Lipinski definition) is 4. The van der Waals surface area contributed by atoms with Crippen LogP contribution in [0, 0.1) is 5.41 Å². The number of esters is 1. The molecule has 0 fully saturated rings. The molecule has 2 rings (SSSR count). The Bertz CT molecular complexity index is 724. The van der Waals surface area contributed by atoms with Crippen molar-refractivity contribution in [2.24, 2.45) is 5.41 Å². The maximum Gasteiger partial charge on any atom is 0.345 e. The normalized spacial score (nSPS) is 20.1. The molecule has 0 amide bonds. The minimum absolute atomic E-state index is 0.160. The number of aliphatic hydroxyl groups excluding tert-OH is 1. The first-order valence-corrected chi connectivity index (χ1v) is 9.37. The second-order valence-electron chi connectivity index (χ2n) is 8.42. The molecule has 0 aliphatic heterocycles. The van der Waals surface area contributed by atoms with Gasteiger partial charge in [0.1, 0.15) is 11.3 Å². The molecule has 0 saturated carbocycles. The van der Waals surface area contributed by atoms with Crippen molar-refractivity contribution in [3.05, 3.63) is 41.0 Å². The predicted molar refractivity (Wildman–Crippen MR) is 103 cm³/mol. The van der Waals surface area contributed by atoms with Gasteiger partial charge in [-0.1, -0.05) is 57.9 Å². The van der Waals surface area contributed by atoms with Gasteiger partial charge in [-0.15, -0.1) is 0 Å². The molecule has 1 unspecified atom stereocenters. The quantitative estimate of drug-likeness (QED) is 0.443. The Hall–Kier alpha value is -2.10. The van der Waals surface area contributed by atoms with E-state index in [1.165, 1.54) is 0 Å². The fourth-order valence-corrected chi connectivity index (χ4v) is 3.59. The van der Waals surface area contributed by atoms with Crippen LogP contribution >= 0.6 is 0 Å². The van der Waals surface area contributed by atoms with Crippen LogP contribution in [0.5, 0.6) is 0 Å². The van der Waals surface area contributed by atoms with Gasteiger partial charge >= 0.3 is 5.97 Å². The summed E-state index contributed by atoms with van der Waals surface area (Å²) < 4.78 is 5.02. The van der Waals surface area contributed by atoms with Crippen molar-refractivity contribution in [3.63, 3.8) is 0 Å². The zero-order valence-electron chi connectivity index (χ0n) is 16.5. The molecule has 0 radical (unpaired) electrons. The van der Waals surface area contributed by atoms with Crippen molar-refractivity contribution in [3.8, 4) is 0 Å². The minimum Gasteiger partial charge on any atom is -0.506 e. The molecule has 1 aromatic rings. The first kappa shape index (κ1) is 20.2. The summed E-state index contributed by atoms with van der Waals surface area (Å²) in [7, 11) is 0. The van der Waals surface area contributed by atoms with Gasteiger partial charge < -0.3 is 9.84 Å². The van der Waals surface area contributed by atoms with Gasteiger partial charge in [-0.05, 0) is 37.7 Å². The van der Waals surface area contributed by atoms with E-state index in [1.54, 1.807) is 19.1 Å². The Kier molecular flexibility index (Phi) is 5.94. The number of aliphatic hydroxyl groups is 1. The Balaban J connectivity index is 2.37. The van der Waals surface area contributed by atoms with Crippen LogP contribution in [0.4, 0.5) is 0 Å². The summed E-state index contributed by atoms with van der Waals surface area (Å²) in [5.74, 6) is -1.36. The van der Waals surface area contributed by atoms with Gasteiger partial charge in [-0.3, -0.25) is 4.79 Å². The van der Waals surface area contributed by atoms with Crippen molar-refractivity contribution in [1.29, 1.82) is 0 Å². The molecule has 4 nitrogen and oxygen atoms in total. The molecule has 0 spiro atoms. The van der Waals surface area contributed by atoms with E-state index in [9.17, 15) is 14.7 Å². The Morgan fingerprint density at radius 3 is 2.46 bits per heavy atom. The van der Waals surface area contributed by atoms with E-state index >= 15 is 0 Å². The first-order valence-electron chi connectivity index (χ1n) is 9.37. The number of hydrogen-bond donors (Lipinski definition) is 1. The molecular formula is C22H30O4. The van der Waals surface area contributed by atoms with Crippen LogP contribution < -0.4 is 0 Å². The highest BCUT2D eigenvalue weighted by Crippen LogP contribution is 2.43. The summed E-state index contributed by atoms with van der Waals surface area (Å²) in [5.41, 5.74) is 0.538. The van der Waals surface area contributed by atoms with Crippen molar-refractivity contribution in [2.45, 2.75) is 65.7 Å². The van der Waals surface area contributed by atoms with Gasteiger partial charge in [0.15, 0.2) is 5.78 Å². The number of unbranched alkanes of at least 4 members (excludes halogenated alkanes) is 1. The number of carbonyl (C=O) groups is 2. The summed E-state index contributed by atoms with van der Waals surface area (Å²) in [4.78, 5) is 25.5. The highest BCUT2D eigenvalue weighted by atomic mass is 16.5. The molecule has 1 aromatic carbocycles. The third-order valence-electron chi connectivity index (χ3n) is 5.07. The fraction of sp³-hybridized carbons (Fsp3) is 0.545. The van der Waals surface area contributed by atoms with E-state index in [-0.39, 0.29) is 29.1 Å². The molecular weight excluding hydrogens is 328 g/mol. The third kappa shape index (κ3) is 4.00. The third-order valence-corrected chi connectivity index (χ3v) is 5.07. The average molecular weight is 358 g/mol. The molecule has 142 valence electrons. The lowest BCUT2D eigenvalue weighted by Crippen LogP contribution is -2.40. The van der Waals surface area contributed by atoms with Crippen LogP contribution in [0.1, 0.15) is 71.4 Å². The van der Waals surface area contributed by atoms with Crippen molar-refractivity contribution in [2.75, 3.05) is 6.61 Å². The van der Waals surface area contributed by atoms with E-state index in [1.807, 2.05) is 19.1 Å². The number of ketones is 1. The Morgan fingerprint density at radius 1 is 1.19 bits per heavy atom. The lowest BCUT2D eigenvalue weighted by Gasteiger charge is -2.35. The number of fused-ring (bicyclic) bond motifs is 1. The molecule has 26 heavy (non-hydrogen) atoms. The van der Waals surface area contributed by atoms with Crippen LogP contribution in [0.25, 0.3) is 5.76 Å². The smallest absolute Gasteiger partial charge is 0.345 e. The molecule has 0 aromatic heterocycles. The number of ether oxygens (including phenoxy) is 1. The lowest BCUT2D eigenvalue weighted by atomic mass is 9.67. The van der Waals surface area contributed by atoms with E-state index in [4.69, 9.17) is 4.74 Å². The van der Waals surface area contributed by atoms with E-state index in [0.29, 0.717) is 12.0 Å². The lowest BCUT2D eigenvalue weighted by molar-refractivity contribution is -0.140. The molecule has 0 heterocycles. The maximum atomic E-state index is 13.2. The zero-order valence-corrected chi connectivity index (χ0v) is 16.5. The topological polar surface area (TPSA) is 63.6 Å².